The van der Waals surface area contributed by atoms with Gasteiger partial charge in [-0.2, -0.15) is 0 Å². The van der Waals surface area contributed by atoms with Gasteiger partial charge in [-0.1, -0.05) is 12.1 Å². The first-order valence-corrected chi connectivity index (χ1v) is 7.38. The van der Waals surface area contributed by atoms with Crippen LogP contribution < -0.4 is 20.1 Å². The summed E-state index contributed by atoms with van der Waals surface area (Å²) < 4.78 is 11.9. The normalized spacial score (nSPS) is 14.9. The Morgan fingerprint density at radius 2 is 2.04 bits per heavy atom. The first kappa shape index (κ1) is 15.2. The molecule has 1 aromatic carbocycles. The second kappa shape index (κ2) is 5.83. The van der Waals surface area contributed by atoms with E-state index in [2.05, 4.69) is 15.7 Å². The van der Waals surface area contributed by atoms with E-state index in [0.717, 1.165) is 24.2 Å². The number of nitrogens with zero attached hydrogens (tertiary/aromatic N) is 2. The number of hydrogen-bond acceptors (Lipinski definition) is 4. The fraction of sp³-hybridized carbons (Fsp3) is 0.375. The van der Waals surface area contributed by atoms with Gasteiger partial charge in [0.15, 0.2) is 0 Å². The predicted molar refractivity (Wildman–Crippen MR) is 85.8 cm³/mol. The summed E-state index contributed by atoms with van der Waals surface area (Å²) in [7, 11) is 4.91. The highest BCUT2D eigenvalue weighted by Gasteiger charge is 2.46. The number of benzene rings is 1. The number of anilines is 1. The summed E-state index contributed by atoms with van der Waals surface area (Å²) in [6.45, 7) is 0. The van der Waals surface area contributed by atoms with Crippen LogP contribution in [0.2, 0.25) is 0 Å². The molecule has 2 amide bonds. The van der Waals surface area contributed by atoms with Crippen LogP contribution in [0.5, 0.6) is 11.6 Å². The summed E-state index contributed by atoms with van der Waals surface area (Å²) in [6.07, 6.45) is 1.81. The molecule has 7 heteroatoms. The maximum Gasteiger partial charge on any atom is 0.321 e. The Morgan fingerprint density at radius 3 is 2.65 bits per heavy atom. The fourth-order valence-corrected chi connectivity index (χ4v) is 2.55. The SMILES string of the molecule is COc1cccc(C2(NC(=O)Nc3cc(OC)nn3C)CC2)c1. The Balaban J connectivity index is 1.70. The number of carbonyl (C=O) groups excluding carboxylic acids is 1. The van der Waals surface area contributed by atoms with Crippen molar-refractivity contribution in [2.24, 2.45) is 7.05 Å². The Morgan fingerprint density at radius 1 is 1.26 bits per heavy atom. The van der Waals surface area contributed by atoms with Crippen LogP contribution >= 0.6 is 0 Å². The first-order chi connectivity index (χ1) is 11.1. The van der Waals surface area contributed by atoms with Crippen LogP contribution in [0, 0.1) is 0 Å². The van der Waals surface area contributed by atoms with Crippen molar-refractivity contribution in [2.75, 3.05) is 19.5 Å². The van der Waals surface area contributed by atoms with E-state index in [4.69, 9.17) is 9.47 Å². The minimum atomic E-state index is -0.318. The van der Waals surface area contributed by atoms with Crippen molar-refractivity contribution in [1.29, 1.82) is 0 Å². The molecule has 1 aromatic heterocycles. The van der Waals surface area contributed by atoms with Crippen LogP contribution in [-0.4, -0.2) is 30.0 Å². The molecule has 7 nitrogen and oxygen atoms in total. The van der Waals surface area contributed by atoms with E-state index >= 15 is 0 Å². The van der Waals surface area contributed by atoms with Gasteiger partial charge in [0.2, 0.25) is 5.88 Å². The van der Waals surface area contributed by atoms with Crippen LogP contribution in [0.1, 0.15) is 18.4 Å². The summed E-state index contributed by atoms with van der Waals surface area (Å²) in [5, 5.41) is 9.96. The van der Waals surface area contributed by atoms with Crippen molar-refractivity contribution < 1.29 is 14.3 Å². The summed E-state index contributed by atoms with van der Waals surface area (Å²) in [5.74, 6) is 1.81. The minimum absolute atomic E-state index is 0.268. The molecular formula is C16H20N4O3. The largest absolute Gasteiger partial charge is 0.497 e. The van der Waals surface area contributed by atoms with E-state index in [0.29, 0.717) is 11.7 Å². The van der Waals surface area contributed by atoms with Gasteiger partial charge < -0.3 is 14.8 Å². The molecule has 0 atom stereocenters. The van der Waals surface area contributed by atoms with Gasteiger partial charge in [0.05, 0.1) is 19.8 Å². The van der Waals surface area contributed by atoms with Crippen LogP contribution in [-0.2, 0) is 12.6 Å². The first-order valence-electron chi connectivity index (χ1n) is 7.38. The number of carbonyl (C=O) groups is 1. The summed E-state index contributed by atoms with van der Waals surface area (Å²) >= 11 is 0. The lowest BCUT2D eigenvalue weighted by molar-refractivity contribution is 0.247. The quantitative estimate of drug-likeness (QED) is 0.887. The Hall–Kier alpha value is -2.70. The number of ether oxygens (including phenoxy) is 2. The molecule has 0 saturated heterocycles. The van der Waals surface area contributed by atoms with Crippen LogP contribution in [0.25, 0.3) is 0 Å². The molecule has 122 valence electrons. The summed E-state index contributed by atoms with van der Waals surface area (Å²) in [6, 6.07) is 9.19. The minimum Gasteiger partial charge on any atom is -0.497 e. The highest BCUT2D eigenvalue weighted by molar-refractivity contribution is 5.89. The molecule has 0 bridgehead atoms. The monoisotopic (exact) mass is 316 g/mol. The van der Waals surface area contributed by atoms with E-state index in [1.54, 1.807) is 24.9 Å². The molecule has 1 aliphatic carbocycles. The zero-order chi connectivity index (χ0) is 16.4. The lowest BCUT2D eigenvalue weighted by atomic mass is 10.0. The van der Waals surface area contributed by atoms with Gasteiger partial charge in [-0.25, -0.2) is 9.48 Å². The number of amides is 2. The van der Waals surface area contributed by atoms with Crippen molar-refractivity contribution in [3.8, 4) is 11.6 Å². The van der Waals surface area contributed by atoms with Crippen LogP contribution in [0.4, 0.5) is 10.6 Å². The lowest BCUT2D eigenvalue weighted by Crippen LogP contribution is -2.38. The third-order valence-electron chi connectivity index (χ3n) is 4.03. The number of urea groups is 1. The molecule has 1 saturated carbocycles. The summed E-state index contributed by atoms with van der Waals surface area (Å²) in [5.41, 5.74) is 0.732. The van der Waals surface area contributed by atoms with E-state index in [1.807, 2.05) is 24.3 Å². The molecule has 0 radical (unpaired) electrons. The topological polar surface area (TPSA) is 77.4 Å². The number of rotatable bonds is 5. The van der Waals surface area contributed by atoms with Crippen molar-refractivity contribution in [2.45, 2.75) is 18.4 Å². The maximum absolute atomic E-state index is 12.3. The number of aryl methyl sites for hydroxylation is 1. The fourth-order valence-electron chi connectivity index (χ4n) is 2.55. The average molecular weight is 316 g/mol. The molecule has 0 spiro atoms. The zero-order valence-electron chi connectivity index (χ0n) is 13.4. The lowest BCUT2D eigenvalue weighted by Gasteiger charge is -2.19. The number of nitrogens with one attached hydrogen (secondary N) is 2. The van der Waals surface area contributed by atoms with E-state index in [1.165, 1.54) is 7.11 Å². The number of hydrogen-bond donors (Lipinski definition) is 2. The van der Waals surface area contributed by atoms with Crippen LogP contribution in [0.15, 0.2) is 30.3 Å². The number of aromatic nitrogens is 2. The molecule has 2 aromatic rings. The Labute approximate surface area is 134 Å². The molecule has 1 heterocycles. The highest BCUT2D eigenvalue weighted by Crippen LogP contribution is 2.46. The van der Waals surface area contributed by atoms with E-state index in [9.17, 15) is 4.79 Å². The summed E-state index contributed by atoms with van der Waals surface area (Å²) in [4.78, 5) is 12.3. The van der Waals surface area contributed by atoms with E-state index in [-0.39, 0.29) is 11.6 Å². The standard InChI is InChI=1S/C16H20N4O3/c1-20-13(10-14(19-20)23-3)17-15(21)18-16(7-8-16)11-5-4-6-12(9-11)22-2/h4-6,9-10H,7-8H2,1-3H3,(H2,17,18,21). The molecule has 0 unspecified atom stereocenters. The molecule has 1 fully saturated rings. The second-order valence-electron chi connectivity index (χ2n) is 5.59. The van der Waals surface area contributed by atoms with Gasteiger partial charge in [0.1, 0.15) is 11.6 Å². The van der Waals surface area contributed by atoms with E-state index < -0.39 is 0 Å². The second-order valence-corrected chi connectivity index (χ2v) is 5.59. The molecule has 1 aliphatic rings. The highest BCUT2D eigenvalue weighted by atomic mass is 16.5. The van der Waals surface area contributed by atoms with Gasteiger partial charge in [-0.15, -0.1) is 5.10 Å². The zero-order valence-corrected chi connectivity index (χ0v) is 13.4. The predicted octanol–water partition coefficient (Wildman–Crippen LogP) is 2.25. The van der Waals surface area contributed by atoms with Gasteiger partial charge in [0.25, 0.3) is 0 Å². The Kier molecular flexibility index (Phi) is 3.85. The van der Waals surface area contributed by atoms with Crippen molar-refractivity contribution in [3.05, 3.63) is 35.9 Å². The third-order valence-corrected chi connectivity index (χ3v) is 4.03. The molecule has 0 aliphatic heterocycles. The number of methoxy groups -OCH3 is 2. The third kappa shape index (κ3) is 3.08. The van der Waals surface area contributed by atoms with Crippen molar-refractivity contribution >= 4 is 11.8 Å². The van der Waals surface area contributed by atoms with Crippen LogP contribution in [0.3, 0.4) is 0 Å². The Bertz CT molecular complexity index is 722. The van der Waals surface area contributed by atoms with Crippen molar-refractivity contribution in [3.63, 3.8) is 0 Å². The average Bonchev–Trinajstić information content (AvgIpc) is 3.25. The maximum atomic E-state index is 12.3. The smallest absolute Gasteiger partial charge is 0.321 e. The molecule has 23 heavy (non-hydrogen) atoms. The van der Waals surface area contributed by atoms with Gasteiger partial charge in [0, 0.05) is 13.1 Å². The molecular weight excluding hydrogens is 296 g/mol. The van der Waals surface area contributed by atoms with Gasteiger partial charge >= 0.3 is 6.03 Å². The van der Waals surface area contributed by atoms with Gasteiger partial charge in [-0.05, 0) is 30.5 Å². The molecule has 3 rings (SSSR count). The van der Waals surface area contributed by atoms with Gasteiger partial charge in [-0.3, -0.25) is 5.32 Å². The molecule has 2 N–H and O–H groups in total. The van der Waals surface area contributed by atoms with Crippen molar-refractivity contribution in [1.82, 2.24) is 15.1 Å².